The van der Waals surface area contributed by atoms with Crippen molar-refractivity contribution in [1.29, 1.82) is 0 Å². The molecule has 0 bridgehead atoms. The maximum absolute atomic E-state index is 14.3. The first kappa shape index (κ1) is 27.7. The molecule has 1 saturated carbocycles. The van der Waals surface area contributed by atoms with Crippen molar-refractivity contribution < 1.29 is 33.4 Å². The Morgan fingerprint density at radius 1 is 1.02 bits per heavy atom. The minimum absolute atomic E-state index is 0.106. The number of phenols is 1. The molecule has 3 fully saturated rings. The van der Waals surface area contributed by atoms with Crippen LogP contribution < -0.4 is 9.64 Å². The third-order valence-corrected chi connectivity index (χ3v) is 10.4. The van der Waals surface area contributed by atoms with Crippen LogP contribution in [0.25, 0.3) is 0 Å². The van der Waals surface area contributed by atoms with Gasteiger partial charge in [-0.2, -0.15) is 0 Å². The van der Waals surface area contributed by atoms with Crippen LogP contribution in [0.2, 0.25) is 0 Å². The number of aromatic hydroxyl groups is 1. The zero-order valence-electron chi connectivity index (χ0n) is 22.3. The van der Waals surface area contributed by atoms with E-state index < -0.39 is 51.1 Å². The first-order chi connectivity index (χ1) is 19.5. The minimum atomic E-state index is -2.05. The molecule has 2 heterocycles. The zero-order chi connectivity index (χ0) is 29.4. The van der Waals surface area contributed by atoms with Gasteiger partial charge < -0.3 is 9.84 Å². The SMILES string of the molecule is CCCN1C(=O)[C@H]2[C@H](CC=C3[C@H]2C[C@@]2(Cl)C(=O)N(c4ccc(F)cc4)C(=O)[C@@]2(Cl)[C@H]3c2ccc(O)c(OC)c2)C1=O. The lowest BCUT2D eigenvalue weighted by molar-refractivity contribution is -0.140. The number of likely N-dealkylation sites (tertiary alicyclic amines) is 1. The van der Waals surface area contributed by atoms with Crippen LogP contribution in [0.15, 0.2) is 54.1 Å². The van der Waals surface area contributed by atoms with Crippen LogP contribution in [0.3, 0.4) is 0 Å². The molecule has 0 unspecified atom stereocenters. The fourth-order valence-corrected chi connectivity index (χ4v) is 8.09. The Hall–Kier alpha value is -3.43. The van der Waals surface area contributed by atoms with Gasteiger partial charge >= 0.3 is 0 Å². The van der Waals surface area contributed by atoms with Gasteiger partial charge in [0.25, 0.3) is 11.8 Å². The van der Waals surface area contributed by atoms with E-state index in [9.17, 15) is 28.7 Å². The molecule has 1 N–H and O–H groups in total. The first-order valence-electron chi connectivity index (χ1n) is 13.4. The van der Waals surface area contributed by atoms with Gasteiger partial charge in [-0.15, -0.1) is 23.2 Å². The van der Waals surface area contributed by atoms with Crippen LogP contribution in [0.1, 0.15) is 37.7 Å². The van der Waals surface area contributed by atoms with Gasteiger partial charge in [-0.1, -0.05) is 24.6 Å². The summed E-state index contributed by atoms with van der Waals surface area (Å²) in [5, 5.41) is 10.3. The van der Waals surface area contributed by atoms with Gasteiger partial charge in [0.1, 0.15) is 5.82 Å². The normalized spacial score (nSPS) is 32.6. The molecule has 8 nitrogen and oxygen atoms in total. The molecule has 41 heavy (non-hydrogen) atoms. The molecule has 0 spiro atoms. The van der Waals surface area contributed by atoms with Crippen LogP contribution in [-0.4, -0.2) is 57.0 Å². The first-order valence-corrected chi connectivity index (χ1v) is 14.2. The molecule has 4 aliphatic rings. The molecule has 2 aromatic carbocycles. The van der Waals surface area contributed by atoms with Gasteiger partial charge in [0.2, 0.25) is 11.8 Å². The summed E-state index contributed by atoms with van der Waals surface area (Å²) in [6.07, 6.45) is 2.55. The number of hydrogen-bond acceptors (Lipinski definition) is 6. The zero-order valence-corrected chi connectivity index (χ0v) is 23.8. The molecule has 0 aromatic heterocycles. The van der Waals surface area contributed by atoms with E-state index in [0.717, 1.165) is 17.0 Å². The summed E-state index contributed by atoms with van der Waals surface area (Å²) in [5.74, 6) is -5.78. The minimum Gasteiger partial charge on any atom is -0.504 e. The average Bonchev–Trinajstić information content (AvgIpc) is 3.28. The monoisotopic (exact) mass is 600 g/mol. The predicted octanol–water partition coefficient (Wildman–Crippen LogP) is 4.51. The summed E-state index contributed by atoms with van der Waals surface area (Å²) in [7, 11) is 1.38. The standard InChI is InChI=1S/C30H27Cl2FN2O6/c1-3-12-34-25(37)19-10-9-18-20(23(19)26(34)38)14-29(31)27(39)35(17-7-5-16(33)6-8-17)28(40)30(29,32)24(18)15-4-11-21(36)22(13-15)41-2/h4-9,11,13,19-20,23-24,36H,3,10,12,14H2,1-2H3/t19-,20+,23-,24-,29+,30-/m0/s1. The smallest absolute Gasteiger partial charge is 0.258 e. The highest BCUT2D eigenvalue weighted by atomic mass is 35.5. The number of phenolic OH excluding ortho intramolecular Hbond substituents is 1. The van der Waals surface area contributed by atoms with Crippen molar-refractivity contribution in [2.24, 2.45) is 17.8 Å². The molecule has 0 radical (unpaired) electrons. The summed E-state index contributed by atoms with van der Waals surface area (Å²) in [6, 6.07) is 9.34. The maximum Gasteiger partial charge on any atom is 0.258 e. The number of alkyl halides is 2. The van der Waals surface area contributed by atoms with E-state index in [1.165, 1.54) is 36.3 Å². The van der Waals surface area contributed by atoms with Crippen LogP contribution in [-0.2, 0) is 19.2 Å². The highest BCUT2D eigenvalue weighted by molar-refractivity contribution is 6.58. The van der Waals surface area contributed by atoms with Crippen molar-refractivity contribution in [2.75, 3.05) is 18.6 Å². The van der Waals surface area contributed by atoms with E-state index in [4.69, 9.17) is 27.9 Å². The number of ether oxygens (including phenoxy) is 1. The Labute approximate surface area is 245 Å². The van der Waals surface area contributed by atoms with Crippen molar-refractivity contribution in [3.63, 3.8) is 0 Å². The number of anilines is 1. The molecular weight excluding hydrogens is 574 g/mol. The summed E-state index contributed by atoms with van der Waals surface area (Å²) in [6.45, 7) is 2.16. The number of carbonyl (C=O) groups is 4. The van der Waals surface area contributed by atoms with Gasteiger partial charge in [0.05, 0.1) is 24.6 Å². The van der Waals surface area contributed by atoms with Crippen LogP contribution in [0.4, 0.5) is 10.1 Å². The summed E-state index contributed by atoms with van der Waals surface area (Å²) in [4.78, 5) is 53.4. The van der Waals surface area contributed by atoms with E-state index >= 15 is 0 Å². The molecule has 11 heteroatoms. The van der Waals surface area contributed by atoms with E-state index in [1.54, 1.807) is 6.07 Å². The van der Waals surface area contributed by atoms with Crippen molar-refractivity contribution in [3.8, 4) is 11.5 Å². The molecule has 2 aliphatic heterocycles. The second-order valence-corrected chi connectivity index (χ2v) is 12.3. The Balaban J connectivity index is 1.56. The number of amides is 4. The molecule has 2 aliphatic carbocycles. The molecule has 2 saturated heterocycles. The van der Waals surface area contributed by atoms with Gasteiger partial charge in [-0.3, -0.25) is 24.1 Å². The lowest BCUT2D eigenvalue weighted by Crippen LogP contribution is -2.60. The molecule has 6 rings (SSSR count). The average molecular weight is 601 g/mol. The maximum atomic E-state index is 14.3. The van der Waals surface area contributed by atoms with Gasteiger partial charge in [0, 0.05) is 12.5 Å². The number of nitrogens with zero attached hydrogens (tertiary/aromatic N) is 2. The lowest BCUT2D eigenvalue weighted by atomic mass is 9.56. The molecule has 6 atom stereocenters. The van der Waals surface area contributed by atoms with Crippen LogP contribution in [0, 0.1) is 23.6 Å². The third kappa shape index (κ3) is 3.64. The quantitative estimate of drug-likeness (QED) is 0.307. The van der Waals surface area contributed by atoms with Crippen molar-refractivity contribution in [1.82, 2.24) is 4.90 Å². The Morgan fingerprint density at radius 2 is 1.73 bits per heavy atom. The lowest BCUT2D eigenvalue weighted by Gasteiger charge is -2.50. The Bertz CT molecular complexity index is 1530. The van der Waals surface area contributed by atoms with E-state index in [1.807, 2.05) is 13.0 Å². The highest BCUT2D eigenvalue weighted by Crippen LogP contribution is 2.66. The van der Waals surface area contributed by atoms with Crippen LogP contribution in [0.5, 0.6) is 11.5 Å². The number of methoxy groups -OCH3 is 1. The topological polar surface area (TPSA) is 104 Å². The Morgan fingerprint density at radius 3 is 2.39 bits per heavy atom. The van der Waals surface area contributed by atoms with Crippen molar-refractivity contribution in [2.45, 2.75) is 41.9 Å². The highest BCUT2D eigenvalue weighted by Gasteiger charge is 2.76. The largest absolute Gasteiger partial charge is 0.504 e. The summed E-state index contributed by atoms with van der Waals surface area (Å²) in [5.41, 5.74) is 1.18. The fourth-order valence-electron chi connectivity index (χ4n) is 7.16. The number of halogens is 3. The Kier molecular flexibility index (Phi) is 6.46. The summed E-state index contributed by atoms with van der Waals surface area (Å²) >= 11 is 14.6. The fraction of sp³-hybridized carbons (Fsp3) is 0.400. The molecular formula is C30H27Cl2FN2O6. The van der Waals surface area contributed by atoms with Gasteiger partial charge in [0.15, 0.2) is 21.2 Å². The summed E-state index contributed by atoms with van der Waals surface area (Å²) < 4.78 is 19.1. The van der Waals surface area contributed by atoms with Crippen molar-refractivity contribution in [3.05, 3.63) is 65.5 Å². The van der Waals surface area contributed by atoms with E-state index in [2.05, 4.69) is 0 Å². The molecule has 4 amide bonds. The van der Waals surface area contributed by atoms with E-state index in [0.29, 0.717) is 17.6 Å². The van der Waals surface area contributed by atoms with Crippen molar-refractivity contribution >= 4 is 52.5 Å². The second-order valence-electron chi connectivity index (χ2n) is 11.0. The number of fused-ring (bicyclic) bond motifs is 4. The number of hydrogen-bond donors (Lipinski definition) is 1. The van der Waals surface area contributed by atoms with Crippen LogP contribution >= 0.6 is 23.2 Å². The van der Waals surface area contributed by atoms with E-state index in [-0.39, 0.29) is 48.4 Å². The van der Waals surface area contributed by atoms with Gasteiger partial charge in [-0.05, 0) is 67.1 Å². The van der Waals surface area contributed by atoms with Gasteiger partial charge in [-0.25, -0.2) is 9.29 Å². The number of allylic oxidation sites excluding steroid dienone is 2. The number of imide groups is 2. The second kappa shape index (κ2) is 9.56. The third-order valence-electron chi connectivity index (χ3n) is 8.97. The number of rotatable bonds is 5. The molecule has 214 valence electrons. The number of carbonyl (C=O) groups excluding carboxylic acids is 4. The molecule has 2 aromatic rings. The predicted molar refractivity (Wildman–Crippen MR) is 148 cm³/mol. The number of benzene rings is 2.